The van der Waals surface area contributed by atoms with Crippen LogP contribution in [-0.4, -0.2) is 59.0 Å². The van der Waals surface area contributed by atoms with Gasteiger partial charge in [0, 0.05) is 13.0 Å². The first-order chi connectivity index (χ1) is 14.5. The maximum atomic E-state index is 12.8. The molecule has 3 N–H and O–H groups in total. The van der Waals surface area contributed by atoms with Crippen LogP contribution in [0.25, 0.3) is 0 Å². The average molecular weight is 431 g/mol. The zero-order valence-corrected chi connectivity index (χ0v) is 18.4. The van der Waals surface area contributed by atoms with Gasteiger partial charge in [0.2, 0.25) is 11.4 Å². The number of carbonyl (C=O) groups excluding carboxylic acids is 3. The first kappa shape index (κ1) is 24.5. The molecule has 2 saturated heterocycles. The fourth-order valence-electron chi connectivity index (χ4n) is 3.54. The van der Waals surface area contributed by atoms with Crippen molar-refractivity contribution in [3.05, 3.63) is 58.7 Å². The van der Waals surface area contributed by atoms with E-state index < -0.39 is 35.1 Å². The van der Waals surface area contributed by atoms with Gasteiger partial charge in [0.15, 0.2) is 11.8 Å². The molecular formula is C23H29NO7. The number of amides is 1. The Balaban J connectivity index is 2.08. The van der Waals surface area contributed by atoms with Gasteiger partial charge in [0.25, 0.3) is 5.91 Å². The van der Waals surface area contributed by atoms with Gasteiger partial charge in [0.1, 0.15) is 0 Å². The number of aliphatic hydroxyl groups excluding tert-OH is 1. The number of ketones is 1. The molecule has 0 aliphatic carbocycles. The molecule has 0 aromatic heterocycles. The highest BCUT2D eigenvalue weighted by Crippen LogP contribution is 2.50. The number of allylic oxidation sites excluding steroid dienone is 7. The lowest BCUT2D eigenvalue weighted by atomic mass is 9.92. The van der Waals surface area contributed by atoms with Crippen molar-refractivity contribution in [2.45, 2.75) is 51.5 Å². The summed E-state index contributed by atoms with van der Waals surface area (Å²) in [4.78, 5) is 36.7. The van der Waals surface area contributed by atoms with Crippen molar-refractivity contribution >= 4 is 17.7 Å². The first-order valence-corrected chi connectivity index (χ1v) is 9.90. The quantitative estimate of drug-likeness (QED) is 0.166. The van der Waals surface area contributed by atoms with E-state index in [4.69, 9.17) is 14.6 Å². The fraction of sp³-hybridized carbons (Fsp3) is 0.435. The van der Waals surface area contributed by atoms with Crippen LogP contribution in [0.1, 0.15) is 34.1 Å². The molecule has 2 heterocycles. The van der Waals surface area contributed by atoms with Crippen molar-refractivity contribution in [2.24, 2.45) is 0 Å². The fourth-order valence-corrected chi connectivity index (χ4v) is 3.54. The molecule has 0 aromatic carbocycles. The van der Waals surface area contributed by atoms with Crippen molar-refractivity contribution in [1.29, 1.82) is 0 Å². The summed E-state index contributed by atoms with van der Waals surface area (Å²) >= 11 is 0. The summed E-state index contributed by atoms with van der Waals surface area (Å²) in [5.74, 6) is -1.64. The molecular weight excluding hydrogens is 402 g/mol. The molecule has 1 amide bonds. The standard InChI is InChI=1S/C23H29NO7/c1-6-17(19(27)30-5)13-15(3)12-14(2)8-7-9-16(4)18(26)23-20(31-23)22(29,10-11-25)24-21(23)28/h6-9,12-13,20,25,29H,10-11H2,1-5H3,(H,24,28)/b8-7?,14-12?,15-13?,16-9+,17-6?/t20-,22+,23-/m0/s1. The summed E-state index contributed by atoms with van der Waals surface area (Å²) in [6.07, 6.45) is 9.13. The van der Waals surface area contributed by atoms with Crippen molar-refractivity contribution in [3.8, 4) is 0 Å². The second-order valence-electron chi connectivity index (χ2n) is 7.64. The van der Waals surface area contributed by atoms with Crippen molar-refractivity contribution < 1.29 is 34.1 Å². The second-order valence-corrected chi connectivity index (χ2v) is 7.64. The van der Waals surface area contributed by atoms with Crippen LogP contribution in [0.4, 0.5) is 0 Å². The SMILES string of the molecule is CC=C(C=C(C)C=C(C)C=C/C=C(\C)C(=O)[C@]12O[C@H]1[C@](O)(CCO)NC2=O)C(=O)OC. The molecule has 0 spiro atoms. The molecule has 0 unspecified atom stereocenters. The molecule has 8 nitrogen and oxygen atoms in total. The van der Waals surface area contributed by atoms with E-state index >= 15 is 0 Å². The van der Waals surface area contributed by atoms with Crippen LogP contribution in [0.2, 0.25) is 0 Å². The van der Waals surface area contributed by atoms with Crippen molar-refractivity contribution in [2.75, 3.05) is 13.7 Å². The highest BCUT2D eigenvalue weighted by atomic mass is 16.6. The predicted molar refractivity (Wildman–Crippen MR) is 114 cm³/mol. The molecule has 0 saturated carbocycles. The van der Waals surface area contributed by atoms with E-state index in [2.05, 4.69) is 5.32 Å². The van der Waals surface area contributed by atoms with Crippen LogP contribution in [0, 0.1) is 0 Å². The number of esters is 1. The molecule has 3 atom stereocenters. The van der Waals surface area contributed by atoms with Gasteiger partial charge in [-0.3, -0.25) is 9.59 Å². The van der Waals surface area contributed by atoms with Crippen LogP contribution in [-0.2, 0) is 23.9 Å². The van der Waals surface area contributed by atoms with Crippen molar-refractivity contribution in [3.63, 3.8) is 0 Å². The number of aliphatic hydroxyl groups is 2. The van der Waals surface area contributed by atoms with E-state index in [9.17, 15) is 19.5 Å². The van der Waals surface area contributed by atoms with E-state index in [1.807, 2.05) is 19.9 Å². The number of hydrogen-bond acceptors (Lipinski definition) is 7. The van der Waals surface area contributed by atoms with Crippen molar-refractivity contribution in [1.82, 2.24) is 5.32 Å². The number of ether oxygens (including phenoxy) is 2. The van der Waals surface area contributed by atoms with E-state index in [0.717, 1.165) is 11.1 Å². The van der Waals surface area contributed by atoms with Gasteiger partial charge in [-0.25, -0.2) is 4.79 Å². The Hall–Kier alpha value is -2.81. The Labute approximate surface area is 181 Å². The number of fused-ring (bicyclic) bond motifs is 1. The number of nitrogens with one attached hydrogen (secondary N) is 1. The van der Waals surface area contributed by atoms with Gasteiger partial charge in [-0.1, -0.05) is 41.5 Å². The summed E-state index contributed by atoms with van der Waals surface area (Å²) in [5, 5.41) is 21.8. The zero-order valence-electron chi connectivity index (χ0n) is 18.4. The van der Waals surface area contributed by atoms with Gasteiger partial charge in [-0.15, -0.1) is 0 Å². The third kappa shape index (κ3) is 4.92. The molecule has 168 valence electrons. The minimum Gasteiger partial charge on any atom is -0.465 e. The largest absolute Gasteiger partial charge is 0.465 e. The lowest BCUT2D eigenvalue weighted by Crippen LogP contribution is -2.48. The van der Waals surface area contributed by atoms with E-state index in [1.54, 1.807) is 44.2 Å². The summed E-state index contributed by atoms with van der Waals surface area (Å²) in [5.41, 5.74) is -1.000. The Morgan fingerprint density at radius 3 is 2.45 bits per heavy atom. The Morgan fingerprint density at radius 1 is 1.23 bits per heavy atom. The number of methoxy groups -OCH3 is 1. The number of epoxide rings is 1. The molecule has 2 fully saturated rings. The Morgan fingerprint density at radius 2 is 1.90 bits per heavy atom. The maximum absolute atomic E-state index is 12.8. The van der Waals surface area contributed by atoms with Crippen LogP contribution >= 0.6 is 0 Å². The maximum Gasteiger partial charge on any atom is 0.337 e. The predicted octanol–water partition coefficient (Wildman–Crippen LogP) is 1.41. The number of carbonyl (C=O) groups is 3. The second kappa shape index (κ2) is 9.55. The Kier molecular flexibility index (Phi) is 7.54. The lowest BCUT2D eigenvalue weighted by molar-refractivity contribution is -0.138. The lowest BCUT2D eigenvalue weighted by Gasteiger charge is -2.22. The van der Waals surface area contributed by atoms with Crippen LogP contribution < -0.4 is 5.32 Å². The third-order valence-electron chi connectivity index (χ3n) is 5.18. The Bertz CT molecular complexity index is 924. The van der Waals surface area contributed by atoms with Gasteiger partial charge in [-0.05, 0) is 39.3 Å². The molecule has 0 radical (unpaired) electrons. The molecule has 31 heavy (non-hydrogen) atoms. The van der Waals surface area contributed by atoms with Gasteiger partial charge < -0.3 is 25.0 Å². The normalized spacial score (nSPS) is 29.1. The third-order valence-corrected chi connectivity index (χ3v) is 5.18. The minimum atomic E-state index is -1.74. The number of Topliss-reactive ketones (excluding diaryl/α,β-unsaturated/α-hetero) is 1. The summed E-state index contributed by atoms with van der Waals surface area (Å²) in [7, 11) is 1.33. The smallest absolute Gasteiger partial charge is 0.337 e. The molecule has 8 heteroatoms. The minimum absolute atomic E-state index is 0.122. The number of morpholine rings is 1. The highest BCUT2D eigenvalue weighted by molar-refractivity contribution is 6.21. The van der Waals surface area contributed by atoms with E-state index in [1.165, 1.54) is 7.11 Å². The highest BCUT2D eigenvalue weighted by Gasteiger charge is 2.80. The van der Waals surface area contributed by atoms with Gasteiger partial charge in [0.05, 0.1) is 12.7 Å². The van der Waals surface area contributed by atoms with Gasteiger partial charge in [-0.2, -0.15) is 0 Å². The van der Waals surface area contributed by atoms with Gasteiger partial charge >= 0.3 is 5.97 Å². The monoisotopic (exact) mass is 431 g/mol. The van der Waals surface area contributed by atoms with E-state index in [0.29, 0.717) is 11.1 Å². The molecule has 2 aliphatic rings. The average Bonchev–Trinajstić information content (AvgIpc) is 3.44. The number of hydrogen-bond donors (Lipinski definition) is 3. The molecule has 2 rings (SSSR count). The zero-order chi connectivity index (χ0) is 23.4. The summed E-state index contributed by atoms with van der Waals surface area (Å²) in [6, 6.07) is 0. The first-order valence-electron chi connectivity index (χ1n) is 9.90. The van der Waals surface area contributed by atoms with Crippen LogP contribution in [0.3, 0.4) is 0 Å². The molecule has 0 aromatic rings. The number of rotatable bonds is 9. The topological polar surface area (TPSA) is 125 Å². The van der Waals surface area contributed by atoms with Crippen LogP contribution in [0.5, 0.6) is 0 Å². The molecule has 2 aliphatic heterocycles. The van der Waals surface area contributed by atoms with E-state index in [-0.39, 0.29) is 13.0 Å². The molecule has 0 bridgehead atoms. The van der Waals surface area contributed by atoms with Crippen LogP contribution in [0.15, 0.2) is 58.7 Å². The summed E-state index contributed by atoms with van der Waals surface area (Å²) < 4.78 is 10.0. The summed E-state index contributed by atoms with van der Waals surface area (Å²) in [6.45, 7) is 6.68.